The molecule has 128 valence electrons. The summed E-state index contributed by atoms with van der Waals surface area (Å²) in [6.45, 7) is 1.88. The minimum absolute atomic E-state index is 0.112. The molecule has 4 nitrogen and oxygen atoms in total. The number of rotatable bonds is 5. The average Bonchev–Trinajstić information content (AvgIpc) is 3.16. The zero-order chi connectivity index (χ0) is 17.0. The minimum Gasteiger partial charge on any atom is -0.494 e. The van der Waals surface area contributed by atoms with Gasteiger partial charge in [-0.25, -0.2) is 4.39 Å². The van der Waals surface area contributed by atoms with Crippen LogP contribution < -0.4 is 10.1 Å². The maximum atomic E-state index is 13.8. The van der Waals surface area contributed by atoms with Crippen LogP contribution in [-0.2, 0) is 10.2 Å². The van der Waals surface area contributed by atoms with E-state index >= 15 is 0 Å². The molecule has 1 N–H and O–H groups in total. The molecule has 1 amide bonds. The summed E-state index contributed by atoms with van der Waals surface area (Å²) in [5, 5.41) is 7.14. The molecule has 1 aromatic heterocycles. The molecule has 0 spiro atoms. The van der Waals surface area contributed by atoms with Gasteiger partial charge in [-0.2, -0.15) is 11.3 Å². The van der Waals surface area contributed by atoms with E-state index < -0.39 is 5.82 Å². The van der Waals surface area contributed by atoms with Gasteiger partial charge in [0.15, 0.2) is 11.6 Å². The number of hydrogen-bond donors (Lipinski definition) is 1. The molecule has 1 saturated heterocycles. The molecule has 1 fully saturated rings. The summed E-state index contributed by atoms with van der Waals surface area (Å²) in [5.74, 6) is -0.688. The summed E-state index contributed by atoms with van der Waals surface area (Å²) in [4.78, 5) is 12.4. The summed E-state index contributed by atoms with van der Waals surface area (Å²) in [6, 6.07) is 6.34. The molecule has 1 aromatic carbocycles. The lowest BCUT2D eigenvalue weighted by molar-refractivity contribution is 0.0488. The van der Waals surface area contributed by atoms with Crippen molar-refractivity contribution in [1.82, 2.24) is 5.32 Å². The minimum atomic E-state index is -0.538. The largest absolute Gasteiger partial charge is 0.494 e. The van der Waals surface area contributed by atoms with E-state index in [0.717, 1.165) is 12.8 Å². The van der Waals surface area contributed by atoms with Crippen LogP contribution in [0, 0.1) is 5.82 Å². The van der Waals surface area contributed by atoms with Gasteiger partial charge >= 0.3 is 0 Å². The van der Waals surface area contributed by atoms with Crippen molar-refractivity contribution < 1.29 is 18.7 Å². The fourth-order valence-corrected chi connectivity index (χ4v) is 3.83. The first-order valence-corrected chi connectivity index (χ1v) is 8.81. The van der Waals surface area contributed by atoms with Crippen molar-refractivity contribution in [3.05, 3.63) is 52.0 Å². The number of amides is 1. The van der Waals surface area contributed by atoms with Gasteiger partial charge in [0.1, 0.15) is 0 Å². The molecular weight excluding hydrogens is 329 g/mol. The Hall–Kier alpha value is -1.92. The van der Waals surface area contributed by atoms with Crippen molar-refractivity contribution in [2.24, 2.45) is 0 Å². The molecule has 0 radical (unpaired) electrons. The first-order valence-electron chi connectivity index (χ1n) is 7.87. The molecule has 2 aromatic rings. The normalized spacial score (nSPS) is 16.6. The van der Waals surface area contributed by atoms with Gasteiger partial charge in [-0.15, -0.1) is 0 Å². The van der Waals surface area contributed by atoms with Gasteiger partial charge in [-0.05, 0) is 53.4 Å². The molecule has 1 aliphatic heterocycles. The molecule has 2 heterocycles. The molecule has 24 heavy (non-hydrogen) atoms. The third-order valence-electron chi connectivity index (χ3n) is 4.58. The third-order valence-corrected chi connectivity index (χ3v) is 5.27. The van der Waals surface area contributed by atoms with Gasteiger partial charge in [0.2, 0.25) is 0 Å². The highest BCUT2D eigenvalue weighted by Gasteiger charge is 2.35. The number of carbonyl (C=O) groups excluding carboxylic acids is 1. The van der Waals surface area contributed by atoms with Crippen LogP contribution in [0.25, 0.3) is 0 Å². The van der Waals surface area contributed by atoms with Gasteiger partial charge in [0.25, 0.3) is 5.91 Å². The highest BCUT2D eigenvalue weighted by Crippen LogP contribution is 2.35. The first kappa shape index (κ1) is 16.9. The number of carbonyl (C=O) groups is 1. The Morgan fingerprint density at radius 3 is 2.79 bits per heavy atom. The Morgan fingerprint density at radius 2 is 2.17 bits per heavy atom. The number of benzene rings is 1. The number of methoxy groups -OCH3 is 1. The Morgan fingerprint density at radius 1 is 1.38 bits per heavy atom. The Balaban J connectivity index is 1.73. The standard InChI is InChI=1S/C18H20FNO3S/c1-22-16-3-2-13(10-15(16)19)17(21)20-12-18(5-7-23-8-6-18)14-4-9-24-11-14/h2-4,9-11H,5-8,12H2,1H3,(H,20,21). The van der Waals surface area contributed by atoms with Crippen LogP contribution in [-0.4, -0.2) is 32.8 Å². The summed E-state index contributed by atoms with van der Waals surface area (Å²) < 4.78 is 24.1. The highest BCUT2D eigenvalue weighted by molar-refractivity contribution is 7.08. The van der Waals surface area contributed by atoms with E-state index in [-0.39, 0.29) is 17.1 Å². The maximum absolute atomic E-state index is 13.8. The smallest absolute Gasteiger partial charge is 0.251 e. The number of nitrogens with one attached hydrogen (secondary N) is 1. The molecule has 3 rings (SSSR count). The maximum Gasteiger partial charge on any atom is 0.251 e. The topological polar surface area (TPSA) is 47.6 Å². The summed E-state index contributed by atoms with van der Waals surface area (Å²) in [5.41, 5.74) is 1.41. The van der Waals surface area contributed by atoms with E-state index in [0.29, 0.717) is 25.3 Å². The second-order valence-electron chi connectivity index (χ2n) is 5.94. The quantitative estimate of drug-likeness (QED) is 0.900. The summed E-state index contributed by atoms with van der Waals surface area (Å²) >= 11 is 1.65. The lowest BCUT2D eigenvalue weighted by atomic mass is 9.75. The Kier molecular flexibility index (Phi) is 5.16. The second kappa shape index (κ2) is 7.32. The Bertz CT molecular complexity index is 696. The fourth-order valence-electron chi connectivity index (χ4n) is 3.06. The van der Waals surface area contributed by atoms with Gasteiger partial charge < -0.3 is 14.8 Å². The van der Waals surface area contributed by atoms with E-state index in [4.69, 9.17) is 9.47 Å². The lowest BCUT2D eigenvalue weighted by Gasteiger charge is -2.37. The lowest BCUT2D eigenvalue weighted by Crippen LogP contribution is -2.44. The second-order valence-corrected chi connectivity index (χ2v) is 6.72. The highest BCUT2D eigenvalue weighted by atomic mass is 32.1. The van der Waals surface area contributed by atoms with Crippen LogP contribution >= 0.6 is 11.3 Å². The predicted molar refractivity (Wildman–Crippen MR) is 91.3 cm³/mol. The monoisotopic (exact) mass is 349 g/mol. The molecule has 0 atom stereocenters. The van der Waals surface area contributed by atoms with Crippen molar-refractivity contribution in [1.29, 1.82) is 0 Å². The van der Waals surface area contributed by atoms with Crippen LogP contribution in [0.3, 0.4) is 0 Å². The van der Waals surface area contributed by atoms with Crippen molar-refractivity contribution >= 4 is 17.2 Å². The number of thiophene rings is 1. The van der Waals surface area contributed by atoms with Crippen LogP contribution in [0.15, 0.2) is 35.0 Å². The molecule has 1 aliphatic rings. The van der Waals surface area contributed by atoms with Crippen LogP contribution in [0.4, 0.5) is 4.39 Å². The van der Waals surface area contributed by atoms with Crippen LogP contribution in [0.5, 0.6) is 5.75 Å². The number of halogens is 1. The van der Waals surface area contributed by atoms with Crippen molar-refractivity contribution in [2.45, 2.75) is 18.3 Å². The molecule has 0 saturated carbocycles. The third kappa shape index (κ3) is 3.44. The van der Waals surface area contributed by atoms with E-state index in [2.05, 4.69) is 16.8 Å². The van der Waals surface area contributed by atoms with Gasteiger partial charge in [0, 0.05) is 30.7 Å². The van der Waals surface area contributed by atoms with E-state index in [1.807, 2.05) is 5.38 Å². The molecule has 0 aliphatic carbocycles. The predicted octanol–water partition coefficient (Wildman–Crippen LogP) is 3.37. The van der Waals surface area contributed by atoms with Gasteiger partial charge in [-0.1, -0.05) is 0 Å². The van der Waals surface area contributed by atoms with E-state index in [1.165, 1.54) is 24.8 Å². The van der Waals surface area contributed by atoms with E-state index in [1.54, 1.807) is 17.4 Å². The van der Waals surface area contributed by atoms with Crippen LogP contribution in [0.2, 0.25) is 0 Å². The molecule has 0 unspecified atom stereocenters. The number of hydrogen-bond acceptors (Lipinski definition) is 4. The Labute approximate surface area is 144 Å². The van der Waals surface area contributed by atoms with Crippen molar-refractivity contribution in [3.8, 4) is 5.75 Å². The van der Waals surface area contributed by atoms with Gasteiger partial charge in [0.05, 0.1) is 7.11 Å². The summed E-state index contributed by atoms with van der Waals surface area (Å²) in [7, 11) is 1.40. The van der Waals surface area contributed by atoms with Crippen LogP contribution in [0.1, 0.15) is 28.8 Å². The fraction of sp³-hybridized carbons (Fsp3) is 0.389. The average molecular weight is 349 g/mol. The van der Waals surface area contributed by atoms with E-state index in [9.17, 15) is 9.18 Å². The zero-order valence-corrected chi connectivity index (χ0v) is 14.3. The van der Waals surface area contributed by atoms with Crippen molar-refractivity contribution in [2.75, 3.05) is 26.9 Å². The molecule has 0 bridgehead atoms. The first-order chi connectivity index (χ1) is 11.6. The zero-order valence-electron chi connectivity index (χ0n) is 13.5. The molecule has 6 heteroatoms. The van der Waals surface area contributed by atoms with Gasteiger partial charge in [-0.3, -0.25) is 4.79 Å². The summed E-state index contributed by atoms with van der Waals surface area (Å²) in [6.07, 6.45) is 1.72. The molecular formula is C18H20FNO3S. The number of ether oxygens (including phenoxy) is 2. The van der Waals surface area contributed by atoms with Crippen molar-refractivity contribution in [3.63, 3.8) is 0 Å². The SMILES string of the molecule is COc1ccc(C(=O)NCC2(c3ccsc3)CCOCC2)cc1F.